The Balaban J connectivity index is 2.02. The average molecular weight is 336 g/mol. The van der Waals surface area contributed by atoms with Crippen LogP contribution in [-0.2, 0) is 4.79 Å². The molecule has 1 heterocycles. The van der Waals surface area contributed by atoms with Crippen molar-refractivity contribution >= 4 is 34.3 Å². The van der Waals surface area contributed by atoms with Crippen molar-refractivity contribution in [1.29, 1.82) is 0 Å². The van der Waals surface area contributed by atoms with Gasteiger partial charge in [0.15, 0.2) is 0 Å². The van der Waals surface area contributed by atoms with Crippen LogP contribution >= 0.6 is 0 Å². The predicted octanol–water partition coefficient (Wildman–Crippen LogP) is 3.88. The molecule has 3 rings (SSSR count). The van der Waals surface area contributed by atoms with E-state index in [1.165, 1.54) is 5.56 Å². The molecule has 2 aromatic carbocycles. The molecule has 6 heteroatoms. The molecule has 0 amide bonds. The highest BCUT2D eigenvalue weighted by Gasteiger charge is 2.15. The van der Waals surface area contributed by atoms with E-state index in [0.29, 0.717) is 11.8 Å². The summed E-state index contributed by atoms with van der Waals surface area (Å²) in [6.07, 6.45) is 0. The van der Waals surface area contributed by atoms with E-state index >= 15 is 0 Å². The van der Waals surface area contributed by atoms with Crippen molar-refractivity contribution in [3.8, 4) is 0 Å². The standard InChI is InChI=1S/C19H20N4O2/c1-11-8-9-15(12(2)10-11)21-19-22-16-7-5-4-6-14(16)17(23-19)20-13(3)18(24)25/h4-10,13H,1-3H3,(H,24,25)(H2,20,21,22,23). The molecule has 0 spiro atoms. The van der Waals surface area contributed by atoms with Crippen LogP contribution in [0.3, 0.4) is 0 Å². The first-order valence-corrected chi connectivity index (χ1v) is 8.04. The fourth-order valence-electron chi connectivity index (χ4n) is 2.58. The number of anilines is 3. The maximum Gasteiger partial charge on any atom is 0.325 e. The number of hydrogen-bond acceptors (Lipinski definition) is 5. The lowest BCUT2D eigenvalue weighted by Crippen LogP contribution is -2.26. The average Bonchev–Trinajstić information content (AvgIpc) is 2.57. The summed E-state index contributed by atoms with van der Waals surface area (Å²) in [4.78, 5) is 20.2. The minimum absolute atomic E-state index is 0.422. The molecule has 0 saturated heterocycles. The Hall–Kier alpha value is -3.15. The van der Waals surface area contributed by atoms with Crippen molar-refractivity contribution in [2.75, 3.05) is 10.6 Å². The summed E-state index contributed by atoms with van der Waals surface area (Å²) in [5.41, 5.74) is 3.92. The molecule has 25 heavy (non-hydrogen) atoms. The number of carbonyl (C=O) groups is 1. The summed E-state index contributed by atoms with van der Waals surface area (Å²) >= 11 is 0. The molecule has 0 saturated carbocycles. The van der Waals surface area contributed by atoms with E-state index in [0.717, 1.165) is 22.2 Å². The second kappa shape index (κ2) is 6.76. The summed E-state index contributed by atoms with van der Waals surface area (Å²) < 4.78 is 0. The number of aromatic nitrogens is 2. The third-order valence-corrected chi connectivity index (χ3v) is 3.96. The molecule has 0 bridgehead atoms. The lowest BCUT2D eigenvalue weighted by atomic mass is 10.1. The van der Waals surface area contributed by atoms with Gasteiger partial charge in [-0.15, -0.1) is 0 Å². The van der Waals surface area contributed by atoms with Gasteiger partial charge in [0.1, 0.15) is 11.9 Å². The molecular weight excluding hydrogens is 316 g/mol. The molecule has 0 aliphatic carbocycles. The van der Waals surface area contributed by atoms with E-state index in [1.54, 1.807) is 6.92 Å². The predicted molar refractivity (Wildman–Crippen MR) is 99.5 cm³/mol. The fourth-order valence-corrected chi connectivity index (χ4v) is 2.58. The lowest BCUT2D eigenvalue weighted by Gasteiger charge is -2.15. The molecule has 3 N–H and O–H groups in total. The Bertz CT molecular complexity index is 940. The zero-order valence-corrected chi connectivity index (χ0v) is 14.4. The second-order valence-electron chi connectivity index (χ2n) is 6.06. The first-order valence-electron chi connectivity index (χ1n) is 8.04. The molecule has 6 nitrogen and oxygen atoms in total. The minimum atomic E-state index is -0.938. The summed E-state index contributed by atoms with van der Waals surface area (Å²) in [6, 6.07) is 12.8. The summed E-state index contributed by atoms with van der Waals surface area (Å²) in [5.74, 6) is -0.0231. The number of fused-ring (bicyclic) bond motifs is 1. The number of benzene rings is 2. The van der Waals surface area contributed by atoms with Crippen LogP contribution in [0.15, 0.2) is 42.5 Å². The highest BCUT2D eigenvalue weighted by molar-refractivity contribution is 5.92. The SMILES string of the molecule is Cc1ccc(Nc2nc(NC(C)C(=O)O)c3ccccc3n2)c(C)c1. The van der Waals surface area contributed by atoms with Crippen LogP contribution in [-0.4, -0.2) is 27.1 Å². The molecule has 1 unspecified atom stereocenters. The summed E-state index contributed by atoms with van der Waals surface area (Å²) in [5, 5.41) is 16.1. The third kappa shape index (κ3) is 3.68. The Labute approximate surface area is 145 Å². The summed E-state index contributed by atoms with van der Waals surface area (Å²) in [7, 11) is 0. The highest BCUT2D eigenvalue weighted by atomic mass is 16.4. The number of aliphatic carboxylic acids is 1. The number of hydrogen-bond donors (Lipinski definition) is 3. The maximum absolute atomic E-state index is 11.2. The van der Waals surface area contributed by atoms with Crippen LogP contribution in [0, 0.1) is 13.8 Å². The van der Waals surface area contributed by atoms with E-state index in [2.05, 4.69) is 26.7 Å². The number of para-hydroxylation sites is 1. The lowest BCUT2D eigenvalue weighted by molar-refractivity contribution is -0.137. The zero-order chi connectivity index (χ0) is 18.0. The van der Waals surface area contributed by atoms with E-state index in [4.69, 9.17) is 5.11 Å². The number of carboxylic acids is 1. The van der Waals surface area contributed by atoms with Crippen LogP contribution in [0.25, 0.3) is 10.9 Å². The molecule has 0 radical (unpaired) electrons. The topological polar surface area (TPSA) is 87.1 Å². The van der Waals surface area contributed by atoms with Gasteiger partial charge in [0.05, 0.1) is 5.52 Å². The molecule has 0 fully saturated rings. The number of nitrogens with zero attached hydrogens (tertiary/aromatic N) is 2. The monoisotopic (exact) mass is 336 g/mol. The summed E-state index contributed by atoms with van der Waals surface area (Å²) in [6.45, 7) is 5.64. The molecule has 1 atom stereocenters. The van der Waals surface area contributed by atoms with Gasteiger partial charge in [-0.1, -0.05) is 29.8 Å². The van der Waals surface area contributed by atoms with Crippen molar-refractivity contribution in [2.24, 2.45) is 0 Å². The molecule has 1 aromatic heterocycles. The van der Waals surface area contributed by atoms with Gasteiger partial charge in [0.2, 0.25) is 5.95 Å². The molecule has 0 aliphatic rings. The Kier molecular flexibility index (Phi) is 4.52. The van der Waals surface area contributed by atoms with E-state index in [1.807, 2.05) is 50.2 Å². The van der Waals surface area contributed by atoms with Crippen LogP contribution in [0.2, 0.25) is 0 Å². The van der Waals surface area contributed by atoms with Gasteiger partial charge in [0, 0.05) is 11.1 Å². The largest absolute Gasteiger partial charge is 0.480 e. The third-order valence-electron chi connectivity index (χ3n) is 3.96. The van der Waals surface area contributed by atoms with Crippen LogP contribution in [0.5, 0.6) is 0 Å². The molecular formula is C19H20N4O2. The van der Waals surface area contributed by atoms with Crippen molar-refractivity contribution in [1.82, 2.24) is 9.97 Å². The van der Waals surface area contributed by atoms with Crippen molar-refractivity contribution in [3.63, 3.8) is 0 Å². The van der Waals surface area contributed by atoms with Gasteiger partial charge >= 0.3 is 5.97 Å². The van der Waals surface area contributed by atoms with Gasteiger partial charge in [-0.2, -0.15) is 4.98 Å². The number of carboxylic acid groups (broad SMARTS) is 1. The number of aryl methyl sites for hydroxylation is 2. The minimum Gasteiger partial charge on any atom is -0.480 e. The molecule has 3 aromatic rings. The van der Waals surface area contributed by atoms with Gasteiger partial charge in [-0.25, -0.2) is 4.98 Å². The Morgan fingerprint density at radius 1 is 1.12 bits per heavy atom. The van der Waals surface area contributed by atoms with Gasteiger partial charge in [-0.3, -0.25) is 4.79 Å². The van der Waals surface area contributed by atoms with E-state index in [9.17, 15) is 4.79 Å². The first-order chi connectivity index (χ1) is 11.9. The first kappa shape index (κ1) is 16.7. The molecule has 0 aliphatic heterocycles. The van der Waals surface area contributed by atoms with Gasteiger partial charge in [-0.05, 0) is 44.5 Å². The fraction of sp³-hybridized carbons (Fsp3) is 0.211. The number of rotatable bonds is 5. The maximum atomic E-state index is 11.2. The zero-order valence-electron chi connectivity index (χ0n) is 14.4. The Morgan fingerprint density at radius 2 is 1.88 bits per heavy atom. The normalized spacial score (nSPS) is 12.0. The quantitative estimate of drug-likeness (QED) is 0.655. The highest BCUT2D eigenvalue weighted by Crippen LogP contribution is 2.25. The second-order valence-corrected chi connectivity index (χ2v) is 6.06. The van der Waals surface area contributed by atoms with Crippen LogP contribution in [0.1, 0.15) is 18.1 Å². The van der Waals surface area contributed by atoms with Crippen LogP contribution in [0.4, 0.5) is 17.5 Å². The van der Waals surface area contributed by atoms with Gasteiger partial charge in [0.25, 0.3) is 0 Å². The van der Waals surface area contributed by atoms with Crippen LogP contribution < -0.4 is 10.6 Å². The van der Waals surface area contributed by atoms with Crippen molar-refractivity contribution in [3.05, 3.63) is 53.6 Å². The number of nitrogens with one attached hydrogen (secondary N) is 2. The smallest absolute Gasteiger partial charge is 0.325 e. The van der Waals surface area contributed by atoms with Gasteiger partial charge < -0.3 is 15.7 Å². The van der Waals surface area contributed by atoms with E-state index in [-0.39, 0.29) is 0 Å². The van der Waals surface area contributed by atoms with E-state index < -0.39 is 12.0 Å². The van der Waals surface area contributed by atoms with Crippen molar-refractivity contribution < 1.29 is 9.90 Å². The Morgan fingerprint density at radius 3 is 2.60 bits per heavy atom. The molecule has 128 valence electrons. The van der Waals surface area contributed by atoms with Crippen molar-refractivity contribution in [2.45, 2.75) is 26.8 Å².